The number of rotatable bonds is 3. The molecule has 1 aromatic rings. The highest BCUT2D eigenvalue weighted by molar-refractivity contribution is 5.78. The van der Waals surface area contributed by atoms with E-state index in [0.29, 0.717) is 0 Å². The van der Waals surface area contributed by atoms with E-state index in [1.165, 1.54) is 0 Å². The van der Waals surface area contributed by atoms with Gasteiger partial charge < -0.3 is 9.84 Å². The van der Waals surface area contributed by atoms with Crippen LogP contribution < -0.4 is 4.74 Å². The third-order valence-corrected chi connectivity index (χ3v) is 3.91. The Morgan fingerprint density at radius 3 is 2.53 bits per heavy atom. The Labute approximate surface area is 101 Å². The predicted octanol–water partition coefficient (Wildman–Crippen LogP) is 2.83. The maximum Gasteiger partial charge on any atom is 0.307 e. The maximum atomic E-state index is 11.2. The molecule has 2 atom stereocenters. The second-order valence-electron chi connectivity index (χ2n) is 5.31. The zero-order valence-electron chi connectivity index (χ0n) is 10.7. The summed E-state index contributed by atoms with van der Waals surface area (Å²) in [5, 5.41) is 9.23. The Balaban J connectivity index is 2.46. The van der Waals surface area contributed by atoms with Gasteiger partial charge in [0, 0.05) is 11.5 Å². The van der Waals surface area contributed by atoms with E-state index in [9.17, 15) is 9.90 Å². The number of ether oxygens (including phenoxy) is 1. The Bertz CT molecular complexity index is 463. The molecule has 1 aliphatic rings. The lowest BCUT2D eigenvalue weighted by atomic mass is 9.98. The molecule has 92 valence electrons. The van der Waals surface area contributed by atoms with Gasteiger partial charge in [-0.1, -0.05) is 26.0 Å². The fourth-order valence-electron chi connectivity index (χ4n) is 2.87. The van der Waals surface area contributed by atoms with Crippen molar-refractivity contribution in [3.8, 4) is 5.75 Å². The van der Waals surface area contributed by atoms with Crippen LogP contribution in [0.3, 0.4) is 0 Å². The lowest BCUT2D eigenvalue weighted by Gasteiger charge is -2.12. The van der Waals surface area contributed by atoms with Gasteiger partial charge in [-0.05, 0) is 24.0 Å². The number of methoxy groups -OCH3 is 1. The summed E-state index contributed by atoms with van der Waals surface area (Å²) in [6, 6.07) is 5.84. The first kappa shape index (κ1) is 12.0. The van der Waals surface area contributed by atoms with Crippen molar-refractivity contribution in [3.05, 3.63) is 29.3 Å². The van der Waals surface area contributed by atoms with Crippen molar-refractivity contribution >= 4 is 5.97 Å². The topological polar surface area (TPSA) is 46.5 Å². The first-order valence-electron chi connectivity index (χ1n) is 5.77. The lowest BCUT2D eigenvalue weighted by molar-refractivity contribution is -0.139. The van der Waals surface area contributed by atoms with E-state index >= 15 is 0 Å². The van der Waals surface area contributed by atoms with Gasteiger partial charge in [0.2, 0.25) is 0 Å². The summed E-state index contributed by atoms with van der Waals surface area (Å²) in [4.78, 5) is 11.2. The molecule has 17 heavy (non-hydrogen) atoms. The van der Waals surface area contributed by atoms with Gasteiger partial charge in [0.1, 0.15) is 5.75 Å². The van der Waals surface area contributed by atoms with Crippen LogP contribution in [0.25, 0.3) is 0 Å². The van der Waals surface area contributed by atoms with Crippen LogP contribution in [0.4, 0.5) is 0 Å². The molecular weight excluding hydrogens is 216 g/mol. The fraction of sp³-hybridized carbons (Fsp3) is 0.500. The molecule has 0 amide bonds. The quantitative estimate of drug-likeness (QED) is 0.874. The van der Waals surface area contributed by atoms with Gasteiger partial charge in [0.25, 0.3) is 0 Å². The number of carbonyl (C=O) groups is 1. The number of benzene rings is 1. The molecule has 2 rings (SSSR count). The molecule has 1 aromatic carbocycles. The van der Waals surface area contributed by atoms with E-state index in [2.05, 4.69) is 0 Å². The van der Waals surface area contributed by atoms with Gasteiger partial charge in [-0.15, -0.1) is 0 Å². The zero-order chi connectivity index (χ0) is 12.8. The van der Waals surface area contributed by atoms with Crippen molar-refractivity contribution in [3.63, 3.8) is 0 Å². The minimum absolute atomic E-state index is 0.0520. The molecule has 1 fully saturated rings. The SMILES string of the molecule is COc1cccc(C)c1[C@H]1[C@H](C(=O)O)C1(C)C. The van der Waals surface area contributed by atoms with Crippen LogP contribution in [-0.4, -0.2) is 18.2 Å². The largest absolute Gasteiger partial charge is 0.496 e. The van der Waals surface area contributed by atoms with E-state index in [0.717, 1.165) is 16.9 Å². The van der Waals surface area contributed by atoms with Gasteiger partial charge >= 0.3 is 5.97 Å². The molecule has 0 bridgehead atoms. The second kappa shape index (κ2) is 3.76. The van der Waals surface area contributed by atoms with Crippen LogP contribution in [0.15, 0.2) is 18.2 Å². The Kier molecular flexibility index (Phi) is 2.64. The molecule has 3 heteroatoms. The van der Waals surface area contributed by atoms with Crippen molar-refractivity contribution in [2.45, 2.75) is 26.7 Å². The predicted molar refractivity (Wildman–Crippen MR) is 65.4 cm³/mol. The summed E-state index contributed by atoms with van der Waals surface area (Å²) in [6.45, 7) is 6.01. The van der Waals surface area contributed by atoms with E-state index < -0.39 is 5.97 Å². The molecular formula is C14H18O3. The molecule has 0 aromatic heterocycles. The Morgan fingerprint density at radius 1 is 1.41 bits per heavy atom. The summed E-state index contributed by atoms with van der Waals surface area (Å²) < 4.78 is 5.36. The van der Waals surface area contributed by atoms with Gasteiger partial charge in [-0.25, -0.2) is 0 Å². The normalized spacial score (nSPS) is 25.4. The van der Waals surface area contributed by atoms with Gasteiger partial charge in [0.15, 0.2) is 0 Å². The first-order chi connectivity index (χ1) is 7.91. The van der Waals surface area contributed by atoms with E-state index in [-0.39, 0.29) is 17.3 Å². The molecule has 0 spiro atoms. The van der Waals surface area contributed by atoms with E-state index in [1.807, 2.05) is 39.0 Å². The molecule has 1 saturated carbocycles. The van der Waals surface area contributed by atoms with Gasteiger partial charge in [-0.3, -0.25) is 4.79 Å². The van der Waals surface area contributed by atoms with Crippen molar-refractivity contribution in [2.24, 2.45) is 11.3 Å². The fourth-order valence-corrected chi connectivity index (χ4v) is 2.87. The minimum atomic E-state index is -0.717. The second-order valence-corrected chi connectivity index (χ2v) is 5.31. The minimum Gasteiger partial charge on any atom is -0.496 e. The summed E-state index contributed by atoms with van der Waals surface area (Å²) >= 11 is 0. The van der Waals surface area contributed by atoms with Crippen molar-refractivity contribution in [2.75, 3.05) is 7.11 Å². The number of carboxylic acids is 1. The maximum absolute atomic E-state index is 11.2. The van der Waals surface area contributed by atoms with Crippen LogP contribution in [-0.2, 0) is 4.79 Å². The van der Waals surface area contributed by atoms with Crippen LogP contribution in [0.1, 0.15) is 30.9 Å². The lowest BCUT2D eigenvalue weighted by Crippen LogP contribution is -2.03. The van der Waals surface area contributed by atoms with E-state index in [1.54, 1.807) is 7.11 Å². The van der Waals surface area contributed by atoms with Gasteiger partial charge in [-0.2, -0.15) is 0 Å². The van der Waals surface area contributed by atoms with Crippen molar-refractivity contribution in [1.29, 1.82) is 0 Å². The van der Waals surface area contributed by atoms with Gasteiger partial charge in [0.05, 0.1) is 13.0 Å². The molecule has 0 radical (unpaired) electrons. The highest BCUT2D eigenvalue weighted by Gasteiger charge is 2.63. The summed E-state index contributed by atoms with van der Waals surface area (Å²) in [5.74, 6) is -0.175. The number of hydrogen-bond donors (Lipinski definition) is 1. The van der Waals surface area contributed by atoms with Crippen LogP contribution in [0, 0.1) is 18.3 Å². The summed E-state index contributed by atoms with van der Waals surface area (Å²) in [6.07, 6.45) is 0. The number of aliphatic carboxylic acids is 1. The third-order valence-electron chi connectivity index (χ3n) is 3.91. The zero-order valence-corrected chi connectivity index (χ0v) is 10.7. The molecule has 1 aliphatic carbocycles. The number of hydrogen-bond acceptors (Lipinski definition) is 2. The van der Waals surface area contributed by atoms with E-state index in [4.69, 9.17) is 4.74 Å². The standard InChI is InChI=1S/C14H18O3/c1-8-6-5-7-9(17-4)10(8)11-12(13(15)16)14(11,2)3/h5-7,11-12H,1-4H3,(H,15,16)/t11-,12+/m0/s1. The van der Waals surface area contributed by atoms with Crippen LogP contribution in [0.2, 0.25) is 0 Å². The average molecular weight is 234 g/mol. The van der Waals surface area contributed by atoms with Crippen LogP contribution >= 0.6 is 0 Å². The summed E-state index contributed by atoms with van der Waals surface area (Å²) in [7, 11) is 1.63. The molecule has 0 unspecified atom stereocenters. The monoisotopic (exact) mass is 234 g/mol. The third kappa shape index (κ3) is 1.70. The molecule has 0 saturated heterocycles. The van der Waals surface area contributed by atoms with Crippen molar-refractivity contribution < 1.29 is 14.6 Å². The highest BCUT2D eigenvalue weighted by Crippen LogP contribution is 2.66. The molecule has 3 nitrogen and oxygen atoms in total. The smallest absolute Gasteiger partial charge is 0.307 e. The number of aryl methyl sites for hydroxylation is 1. The average Bonchev–Trinajstić information content (AvgIpc) is 2.80. The Hall–Kier alpha value is -1.51. The van der Waals surface area contributed by atoms with Crippen molar-refractivity contribution in [1.82, 2.24) is 0 Å². The Morgan fingerprint density at radius 2 is 2.06 bits per heavy atom. The molecule has 1 N–H and O–H groups in total. The molecule has 0 aliphatic heterocycles. The number of carboxylic acid groups (broad SMARTS) is 1. The highest BCUT2D eigenvalue weighted by atomic mass is 16.5. The van der Waals surface area contributed by atoms with Crippen LogP contribution in [0.5, 0.6) is 5.75 Å². The first-order valence-corrected chi connectivity index (χ1v) is 5.77. The summed E-state index contributed by atoms with van der Waals surface area (Å²) in [5.41, 5.74) is 1.96. The molecule has 0 heterocycles.